The summed E-state index contributed by atoms with van der Waals surface area (Å²) in [5, 5.41) is 4.80. The number of amides is 1. The van der Waals surface area contributed by atoms with Crippen LogP contribution in [0.2, 0.25) is 0 Å². The summed E-state index contributed by atoms with van der Waals surface area (Å²) in [4.78, 5) is 28.9. The van der Waals surface area contributed by atoms with Gasteiger partial charge in [0.05, 0.1) is 23.6 Å². The van der Waals surface area contributed by atoms with Gasteiger partial charge in [-0.25, -0.2) is 4.98 Å². The van der Waals surface area contributed by atoms with Crippen LogP contribution in [0.3, 0.4) is 0 Å². The summed E-state index contributed by atoms with van der Waals surface area (Å²) in [6.07, 6.45) is 1.56. The molecule has 0 spiro atoms. The maximum absolute atomic E-state index is 12.2. The van der Waals surface area contributed by atoms with Crippen LogP contribution in [0, 0.1) is 0 Å². The summed E-state index contributed by atoms with van der Waals surface area (Å²) in [6.45, 7) is 2.12. The SMILES string of the molecule is C[C@@H](Sc1nc2ccsc2c(=O)n1C)C(=O)NCc1ccco1. The second kappa shape index (κ2) is 6.59. The second-order valence-electron chi connectivity index (χ2n) is 4.95. The minimum Gasteiger partial charge on any atom is -0.467 e. The third-order valence-corrected chi connectivity index (χ3v) is 5.35. The lowest BCUT2D eigenvalue weighted by molar-refractivity contribution is -0.120. The quantitative estimate of drug-likeness (QED) is 0.565. The largest absolute Gasteiger partial charge is 0.467 e. The topological polar surface area (TPSA) is 77.1 Å². The third-order valence-electron chi connectivity index (χ3n) is 3.31. The lowest BCUT2D eigenvalue weighted by Gasteiger charge is -2.13. The van der Waals surface area contributed by atoms with Crippen molar-refractivity contribution in [3.05, 3.63) is 46.0 Å². The van der Waals surface area contributed by atoms with Crippen LogP contribution in [-0.4, -0.2) is 20.7 Å². The first kappa shape index (κ1) is 15.8. The van der Waals surface area contributed by atoms with Gasteiger partial charge in [0.1, 0.15) is 10.5 Å². The van der Waals surface area contributed by atoms with Crippen molar-refractivity contribution in [2.75, 3.05) is 0 Å². The Kier molecular flexibility index (Phi) is 4.53. The number of thiophene rings is 1. The Hall–Kier alpha value is -2.06. The minimum atomic E-state index is -0.376. The van der Waals surface area contributed by atoms with Gasteiger partial charge in [-0.3, -0.25) is 14.2 Å². The fourth-order valence-electron chi connectivity index (χ4n) is 2.02. The fraction of sp³-hybridized carbons (Fsp3) is 0.267. The van der Waals surface area contributed by atoms with Crippen molar-refractivity contribution in [3.8, 4) is 0 Å². The van der Waals surface area contributed by atoms with Gasteiger partial charge >= 0.3 is 0 Å². The molecule has 0 bridgehead atoms. The Morgan fingerprint density at radius 2 is 2.35 bits per heavy atom. The normalized spacial score (nSPS) is 12.4. The van der Waals surface area contributed by atoms with Crippen LogP contribution in [0.1, 0.15) is 12.7 Å². The number of carbonyl (C=O) groups excluding carboxylic acids is 1. The molecule has 0 unspecified atom stereocenters. The number of nitrogens with one attached hydrogen (secondary N) is 1. The predicted octanol–water partition coefficient (Wildman–Crippen LogP) is 2.39. The zero-order valence-electron chi connectivity index (χ0n) is 12.6. The highest BCUT2D eigenvalue weighted by Gasteiger charge is 2.18. The molecule has 0 fully saturated rings. The number of hydrogen-bond donors (Lipinski definition) is 1. The van der Waals surface area contributed by atoms with Crippen LogP contribution in [-0.2, 0) is 18.4 Å². The number of nitrogens with zero attached hydrogens (tertiary/aromatic N) is 2. The van der Waals surface area contributed by atoms with E-state index >= 15 is 0 Å². The molecule has 0 aromatic carbocycles. The number of carbonyl (C=O) groups is 1. The van der Waals surface area contributed by atoms with E-state index in [1.165, 1.54) is 27.7 Å². The molecule has 0 saturated carbocycles. The molecule has 1 amide bonds. The van der Waals surface area contributed by atoms with Gasteiger partial charge in [0.15, 0.2) is 5.16 Å². The zero-order chi connectivity index (χ0) is 16.4. The van der Waals surface area contributed by atoms with Crippen LogP contribution >= 0.6 is 23.1 Å². The standard InChI is InChI=1S/C15H15N3O3S2/c1-9(13(19)16-8-10-4-3-6-21-10)23-15-17-11-5-7-22-12(11)14(20)18(15)2/h3-7,9H,8H2,1-2H3,(H,16,19)/t9-/m1/s1. The maximum Gasteiger partial charge on any atom is 0.271 e. The highest BCUT2D eigenvalue weighted by Crippen LogP contribution is 2.23. The van der Waals surface area contributed by atoms with Crippen LogP contribution < -0.4 is 10.9 Å². The maximum atomic E-state index is 12.2. The van der Waals surface area contributed by atoms with Gasteiger partial charge in [-0.1, -0.05) is 11.8 Å². The highest BCUT2D eigenvalue weighted by atomic mass is 32.2. The Balaban J connectivity index is 1.72. The van der Waals surface area contributed by atoms with E-state index < -0.39 is 0 Å². The Bertz CT molecular complexity index is 883. The highest BCUT2D eigenvalue weighted by molar-refractivity contribution is 8.00. The van der Waals surface area contributed by atoms with Crippen LogP contribution in [0.15, 0.2) is 44.2 Å². The minimum absolute atomic E-state index is 0.0873. The molecule has 120 valence electrons. The average Bonchev–Trinajstić information content (AvgIpc) is 3.21. The number of fused-ring (bicyclic) bond motifs is 1. The molecule has 0 aliphatic rings. The summed E-state index contributed by atoms with van der Waals surface area (Å²) < 4.78 is 7.30. The molecule has 3 aromatic rings. The van der Waals surface area contributed by atoms with Gasteiger partial charge in [0.25, 0.3) is 5.56 Å². The lowest BCUT2D eigenvalue weighted by Crippen LogP contribution is -2.31. The first-order valence-electron chi connectivity index (χ1n) is 6.97. The Labute approximate surface area is 140 Å². The van der Waals surface area contributed by atoms with E-state index in [1.54, 1.807) is 32.4 Å². The van der Waals surface area contributed by atoms with Crippen molar-refractivity contribution in [1.82, 2.24) is 14.9 Å². The van der Waals surface area contributed by atoms with Gasteiger partial charge < -0.3 is 9.73 Å². The number of furan rings is 1. The number of thioether (sulfide) groups is 1. The molecule has 0 saturated heterocycles. The van der Waals surface area contributed by atoms with Crippen molar-refractivity contribution in [3.63, 3.8) is 0 Å². The zero-order valence-corrected chi connectivity index (χ0v) is 14.2. The summed E-state index contributed by atoms with van der Waals surface area (Å²) in [5.74, 6) is 0.562. The van der Waals surface area contributed by atoms with Gasteiger partial charge in [0, 0.05) is 7.05 Å². The molecule has 6 nitrogen and oxygen atoms in total. The predicted molar refractivity (Wildman–Crippen MR) is 90.7 cm³/mol. The van der Waals surface area contributed by atoms with Crippen LogP contribution in [0.5, 0.6) is 0 Å². The number of rotatable bonds is 5. The van der Waals surface area contributed by atoms with E-state index in [9.17, 15) is 9.59 Å². The Morgan fingerprint density at radius 3 is 3.09 bits per heavy atom. The van der Waals surface area contributed by atoms with Crippen molar-refractivity contribution in [2.24, 2.45) is 7.05 Å². The summed E-state index contributed by atoms with van der Waals surface area (Å²) in [6, 6.07) is 5.39. The van der Waals surface area contributed by atoms with E-state index in [0.29, 0.717) is 27.7 Å². The van der Waals surface area contributed by atoms with Crippen molar-refractivity contribution in [2.45, 2.75) is 23.9 Å². The fourth-order valence-corrected chi connectivity index (χ4v) is 3.72. The van der Waals surface area contributed by atoms with E-state index in [2.05, 4.69) is 10.3 Å². The molecule has 1 N–H and O–H groups in total. The van der Waals surface area contributed by atoms with E-state index in [1.807, 2.05) is 11.4 Å². The first-order chi connectivity index (χ1) is 11.1. The molecule has 8 heteroatoms. The van der Waals surface area contributed by atoms with Gasteiger partial charge in [0.2, 0.25) is 5.91 Å². The molecular weight excluding hydrogens is 334 g/mol. The van der Waals surface area contributed by atoms with E-state index in [-0.39, 0.29) is 16.7 Å². The Morgan fingerprint density at radius 1 is 1.52 bits per heavy atom. The third kappa shape index (κ3) is 3.32. The number of hydrogen-bond acceptors (Lipinski definition) is 6. The molecule has 0 radical (unpaired) electrons. The average molecular weight is 349 g/mol. The van der Waals surface area contributed by atoms with Crippen LogP contribution in [0.4, 0.5) is 0 Å². The van der Waals surface area contributed by atoms with Crippen molar-refractivity contribution in [1.29, 1.82) is 0 Å². The monoisotopic (exact) mass is 349 g/mol. The van der Waals surface area contributed by atoms with Crippen molar-refractivity contribution >= 4 is 39.2 Å². The van der Waals surface area contributed by atoms with Crippen molar-refractivity contribution < 1.29 is 9.21 Å². The van der Waals surface area contributed by atoms with Gasteiger partial charge in [-0.15, -0.1) is 11.3 Å². The van der Waals surface area contributed by atoms with Gasteiger partial charge in [-0.05, 0) is 30.5 Å². The van der Waals surface area contributed by atoms with E-state index in [4.69, 9.17) is 4.42 Å². The molecule has 23 heavy (non-hydrogen) atoms. The molecule has 3 aromatic heterocycles. The number of aromatic nitrogens is 2. The summed E-state index contributed by atoms with van der Waals surface area (Å²) in [7, 11) is 1.67. The summed E-state index contributed by atoms with van der Waals surface area (Å²) >= 11 is 2.64. The summed E-state index contributed by atoms with van der Waals surface area (Å²) in [5.41, 5.74) is 0.583. The second-order valence-corrected chi connectivity index (χ2v) is 7.17. The van der Waals surface area contributed by atoms with Crippen LogP contribution in [0.25, 0.3) is 10.2 Å². The first-order valence-corrected chi connectivity index (χ1v) is 8.73. The van der Waals surface area contributed by atoms with E-state index in [0.717, 1.165) is 0 Å². The molecule has 0 aliphatic heterocycles. The lowest BCUT2D eigenvalue weighted by atomic mass is 10.4. The molecule has 3 rings (SSSR count). The molecular formula is C15H15N3O3S2. The van der Waals surface area contributed by atoms with Gasteiger partial charge in [-0.2, -0.15) is 0 Å². The molecule has 0 aliphatic carbocycles. The molecule has 3 heterocycles. The smallest absolute Gasteiger partial charge is 0.271 e. The molecule has 1 atom stereocenters.